The number of amides is 1. The Hall–Kier alpha value is -3.66. The highest BCUT2D eigenvalue weighted by molar-refractivity contribution is 7.90. The average molecular weight is 453 g/mol. The third-order valence-electron chi connectivity index (χ3n) is 5.09. The molecule has 8 nitrogen and oxygen atoms in total. The maximum Gasteiger partial charge on any atom is 0.254 e. The van der Waals surface area contributed by atoms with E-state index in [1.165, 1.54) is 36.8 Å². The molecule has 1 amide bonds. The number of aromatic nitrogens is 4. The van der Waals surface area contributed by atoms with Gasteiger partial charge in [0.05, 0.1) is 40.1 Å². The summed E-state index contributed by atoms with van der Waals surface area (Å²) in [5, 5.41) is 7.84. The monoisotopic (exact) mass is 453 g/mol. The van der Waals surface area contributed by atoms with Gasteiger partial charge < -0.3 is 5.32 Å². The summed E-state index contributed by atoms with van der Waals surface area (Å²) in [4.78, 5) is 21.4. The van der Waals surface area contributed by atoms with Crippen molar-refractivity contribution in [3.63, 3.8) is 0 Å². The number of rotatable bonds is 6. The number of nitrogens with zero attached hydrogens (tertiary/aromatic N) is 4. The highest BCUT2D eigenvalue weighted by Crippen LogP contribution is 2.23. The summed E-state index contributed by atoms with van der Waals surface area (Å²) in [6.07, 6.45) is 9.04. The van der Waals surface area contributed by atoms with Crippen molar-refractivity contribution >= 4 is 26.6 Å². The van der Waals surface area contributed by atoms with Gasteiger partial charge in [-0.25, -0.2) is 17.5 Å². The lowest BCUT2D eigenvalue weighted by molar-refractivity contribution is 0.0937. The van der Waals surface area contributed by atoms with Gasteiger partial charge in [0.15, 0.2) is 9.84 Å². The predicted molar refractivity (Wildman–Crippen MR) is 117 cm³/mol. The summed E-state index contributed by atoms with van der Waals surface area (Å²) >= 11 is 0. The van der Waals surface area contributed by atoms with Gasteiger partial charge >= 0.3 is 0 Å². The van der Waals surface area contributed by atoms with Gasteiger partial charge in [0.25, 0.3) is 5.91 Å². The molecule has 0 saturated heterocycles. The molecule has 4 aromatic rings. The molecule has 0 aliphatic rings. The quantitative estimate of drug-likeness (QED) is 0.480. The van der Waals surface area contributed by atoms with Crippen molar-refractivity contribution in [2.24, 2.45) is 0 Å². The predicted octanol–water partition coefficient (Wildman–Crippen LogP) is 3.24. The third-order valence-corrected chi connectivity index (χ3v) is 6.17. The molecule has 4 rings (SSSR count). The van der Waals surface area contributed by atoms with E-state index in [0.29, 0.717) is 34.1 Å². The maximum atomic E-state index is 13.3. The third kappa shape index (κ3) is 4.22. The fraction of sp³-hybridized carbons (Fsp3) is 0.182. The molecule has 0 bridgehead atoms. The summed E-state index contributed by atoms with van der Waals surface area (Å²) in [5.41, 5.74) is 2.14. The summed E-state index contributed by atoms with van der Waals surface area (Å²) in [7, 11) is -3.42. The Morgan fingerprint density at radius 1 is 1.09 bits per heavy atom. The Bertz CT molecular complexity index is 1400. The molecule has 0 fully saturated rings. The number of carbonyl (C=O) groups excluding carboxylic acids is 1. The Morgan fingerprint density at radius 2 is 1.81 bits per heavy atom. The number of benzene rings is 1. The molecule has 1 N–H and O–H groups in total. The molecule has 10 heteroatoms. The highest BCUT2D eigenvalue weighted by atomic mass is 32.2. The molecule has 0 saturated carbocycles. The van der Waals surface area contributed by atoms with Crippen LogP contribution in [0.2, 0.25) is 0 Å². The molecule has 3 heterocycles. The first-order valence-corrected chi connectivity index (χ1v) is 11.7. The van der Waals surface area contributed by atoms with Crippen LogP contribution >= 0.6 is 0 Å². The fourth-order valence-electron chi connectivity index (χ4n) is 3.40. The summed E-state index contributed by atoms with van der Waals surface area (Å²) in [5.74, 6) is -0.734. The average Bonchev–Trinajstić information content (AvgIpc) is 3.21. The van der Waals surface area contributed by atoms with Gasteiger partial charge in [-0.15, -0.1) is 0 Å². The largest absolute Gasteiger partial charge is 0.345 e. The van der Waals surface area contributed by atoms with Crippen LogP contribution in [0.15, 0.2) is 66.2 Å². The minimum atomic E-state index is -3.42. The Labute approximate surface area is 184 Å². The fourth-order valence-corrected chi connectivity index (χ4v) is 4.00. The lowest BCUT2D eigenvalue weighted by Crippen LogP contribution is -2.28. The molecule has 3 aromatic heterocycles. The van der Waals surface area contributed by atoms with Crippen LogP contribution in [0, 0.1) is 5.82 Å². The van der Waals surface area contributed by atoms with Crippen LogP contribution < -0.4 is 5.32 Å². The number of carbonyl (C=O) groups is 1. The van der Waals surface area contributed by atoms with Crippen molar-refractivity contribution in [1.29, 1.82) is 0 Å². The van der Waals surface area contributed by atoms with Crippen LogP contribution in [0.1, 0.15) is 35.3 Å². The number of fused-ring (bicyclic) bond motifs is 1. The van der Waals surface area contributed by atoms with E-state index in [1.807, 2.05) is 6.92 Å². The van der Waals surface area contributed by atoms with E-state index in [9.17, 15) is 17.6 Å². The molecule has 0 unspecified atom stereocenters. The number of nitrogens with one attached hydrogen (secondary N) is 1. The summed E-state index contributed by atoms with van der Waals surface area (Å²) in [6, 6.07) is 6.91. The van der Waals surface area contributed by atoms with Gasteiger partial charge in [0, 0.05) is 30.2 Å². The second-order valence-electron chi connectivity index (χ2n) is 7.31. The van der Waals surface area contributed by atoms with Gasteiger partial charge in [-0.2, -0.15) is 5.10 Å². The molecule has 32 heavy (non-hydrogen) atoms. The van der Waals surface area contributed by atoms with Crippen LogP contribution in [0.25, 0.3) is 16.6 Å². The number of halogens is 1. The zero-order valence-corrected chi connectivity index (χ0v) is 18.2. The summed E-state index contributed by atoms with van der Waals surface area (Å²) < 4.78 is 38.6. The van der Waals surface area contributed by atoms with Gasteiger partial charge in [-0.05, 0) is 42.3 Å². The standard InChI is InChI=1S/C22H20FN5O3S/c1-3-20(14-8-17(10-24-9-14)32(2,30)31)27-22(29)19-11-25-13-21-18(19)12-26-28(21)16-6-4-15(23)5-7-16/h4-13,20H,3H2,1-2H3,(H,27,29)/t20-/m0/s1. The first-order chi connectivity index (χ1) is 15.3. The molecular formula is C22H20FN5O3S. The van der Waals surface area contributed by atoms with Gasteiger partial charge in [0.2, 0.25) is 0 Å². The van der Waals surface area contributed by atoms with E-state index in [2.05, 4.69) is 20.4 Å². The van der Waals surface area contributed by atoms with E-state index in [4.69, 9.17) is 0 Å². The SMILES string of the molecule is CC[C@H](NC(=O)c1cncc2c1cnn2-c1ccc(F)cc1)c1cncc(S(C)(=O)=O)c1. The Kier molecular flexibility index (Phi) is 5.70. The lowest BCUT2D eigenvalue weighted by Gasteiger charge is -2.18. The van der Waals surface area contributed by atoms with Crippen molar-refractivity contribution in [3.8, 4) is 5.69 Å². The lowest BCUT2D eigenvalue weighted by atomic mass is 10.1. The molecular weight excluding hydrogens is 433 g/mol. The Balaban J connectivity index is 1.66. The van der Waals surface area contributed by atoms with Crippen molar-refractivity contribution in [1.82, 2.24) is 25.1 Å². The van der Waals surface area contributed by atoms with Gasteiger partial charge in [-0.1, -0.05) is 6.92 Å². The maximum absolute atomic E-state index is 13.3. The van der Waals surface area contributed by atoms with Crippen molar-refractivity contribution in [2.75, 3.05) is 6.26 Å². The summed E-state index contributed by atoms with van der Waals surface area (Å²) in [6.45, 7) is 1.88. The molecule has 0 aliphatic carbocycles. The van der Waals surface area contributed by atoms with Crippen LogP contribution in [0.3, 0.4) is 0 Å². The van der Waals surface area contributed by atoms with Crippen molar-refractivity contribution in [2.45, 2.75) is 24.3 Å². The van der Waals surface area contributed by atoms with Crippen molar-refractivity contribution in [3.05, 3.63) is 78.3 Å². The Morgan fingerprint density at radius 3 is 2.50 bits per heavy atom. The molecule has 0 aliphatic heterocycles. The zero-order valence-electron chi connectivity index (χ0n) is 17.4. The number of pyridine rings is 2. The second-order valence-corrected chi connectivity index (χ2v) is 9.33. The molecule has 0 radical (unpaired) electrons. The van der Waals surface area contributed by atoms with Gasteiger partial charge in [-0.3, -0.25) is 14.8 Å². The number of hydrogen-bond acceptors (Lipinski definition) is 6. The topological polar surface area (TPSA) is 107 Å². The zero-order chi connectivity index (χ0) is 22.9. The molecule has 1 atom stereocenters. The van der Waals surface area contributed by atoms with E-state index in [-0.39, 0.29) is 16.6 Å². The van der Waals surface area contributed by atoms with E-state index in [1.54, 1.807) is 29.2 Å². The minimum Gasteiger partial charge on any atom is -0.345 e. The van der Waals surface area contributed by atoms with Crippen LogP contribution in [-0.2, 0) is 9.84 Å². The van der Waals surface area contributed by atoms with E-state index >= 15 is 0 Å². The minimum absolute atomic E-state index is 0.0899. The number of sulfone groups is 1. The van der Waals surface area contributed by atoms with Crippen LogP contribution in [0.4, 0.5) is 4.39 Å². The first kappa shape index (κ1) is 21.6. The van der Waals surface area contributed by atoms with Crippen molar-refractivity contribution < 1.29 is 17.6 Å². The normalized spacial score (nSPS) is 12.6. The molecule has 1 aromatic carbocycles. The molecule has 0 spiro atoms. The highest BCUT2D eigenvalue weighted by Gasteiger charge is 2.20. The van der Waals surface area contributed by atoms with Crippen LogP contribution in [-0.4, -0.2) is 40.3 Å². The van der Waals surface area contributed by atoms with E-state index in [0.717, 1.165) is 6.26 Å². The molecule has 164 valence electrons. The first-order valence-electron chi connectivity index (χ1n) is 9.81. The second kappa shape index (κ2) is 8.46. The number of hydrogen-bond donors (Lipinski definition) is 1. The van der Waals surface area contributed by atoms with E-state index < -0.39 is 15.9 Å². The smallest absolute Gasteiger partial charge is 0.254 e. The van der Waals surface area contributed by atoms with Crippen LogP contribution in [0.5, 0.6) is 0 Å². The van der Waals surface area contributed by atoms with Gasteiger partial charge in [0.1, 0.15) is 5.82 Å².